The fourth-order valence-corrected chi connectivity index (χ4v) is 12.9. The summed E-state index contributed by atoms with van der Waals surface area (Å²) in [5.74, 6) is 0. The van der Waals surface area contributed by atoms with Gasteiger partial charge in [0.25, 0.3) is 0 Å². The smallest absolute Gasteiger partial charge is 0.172 e. The maximum absolute atomic E-state index is 15.5. The average molecular weight is 566 g/mol. The molecule has 8 rings (SSSR count). The van der Waals surface area contributed by atoms with E-state index in [4.69, 9.17) is 0 Å². The van der Waals surface area contributed by atoms with E-state index in [0.717, 1.165) is 60.0 Å². The molecule has 196 valence electrons. The summed E-state index contributed by atoms with van der Waals surface area (Å²) in [6.45, 7) is 0. The number of hydrogen-bond donors (Lipinski definition) is 0. The van der Waals surface area contributed by atoms with Crippen molar-refractivity contribution in [3.05, 3.63) is 152 Å². The molecule has 0 atom stereocenters. The van der Waals surface area contributed by atoms with E-state index in [1.807, 2.05) is 115 Å². The molecule has 5 heteroatoms. The van der Waals surface area contributed by atoms with E-state index < -0.39 is 14.3 Å². The van der Waals surface area contributed by atoms with Gasteiger partial charge in [0.15, 0.2) is 14.3 Å². The van der Waals surface area contributed by atoms with Gasteiger partial charge in [0.1, 0.15) is 0 Å². The van der Waals surface area contributed by atoms with Crippen LogP contribution in [-0.4, -0.2) is 0 Å². The van der Waals surface area contributed by atoms with Crippen LogP contribution in [-0.2, 0) is 9.13 Å². The molecule has 2 heterocycles. The normalized spacial score (nSPS) is 14.9. The first-order chi connectivity index (χ1) is 20.1. The third kappa shape index (κ3) is 3.34. The van der Waals surface area contributed by atoms with Gasteiger partial charge in [0.05, 0.1) is 0 Å². The lowest BCUT2D eigenvalue weighted by molar-refractivity contribution is 0.592. The van der Waals surface area contributed by atoms with E-state index >= 15 is 4.57 Å². The summed E-state index contributed by atoms with van der Waals surface area (Å²) in [5, 5.41) is 4.76. The molecule has 0 amide bonds. The molecule has 6 aromatic rings. The Morgan fingerprint density at radius 3 is 1.22 bits per heavy atom. The summed E-state index contributed by atoms with van der Waals surface area (Å²) in [6, 6.07) is 50.0. The topological polar surface area (TPSA) is 37.4 Å². The first kappa shape index (κ1) is 24.4. The maximum Gasteiger partial charge on any atom is 0.172 e. The lowest BCUT2D eigenvalue weighted by Crippen LogP contribution is -2.28. The van der Waals surface area contributed by atoms with Crippen LogP contribution in [0.4, 0.5) is 17.1 Å². The molecule has 0 radical (unpaired) electrons. The third-order valence-corrected chi connectivity index (χ3v) is 14.5. The zero-order valence-electron chi connectivity index (χ0n) is 22.1. The van der Waals surface area contributed by atoms with Crippen LogP contribution in [0, 0.1) is 0 Å². The van der Waals surface area contributed by atoms with Gasteiger partial charge in [-0.1, -0.05) is 115 Å². The summed E-state index contributed by atoms with van der Waals surface area (Å²) in [7, 11) is -6.31. The highest BCUT2D eigenvalue weighted by molar-refractivity contribution is 7.89. The predicted octanol–water partition coefficient (Wildman–Crippen LogP) is 6.73. The summed E-state index contributed by atoms with van der Waals surface area (Å²) in [5.41, 5.74) is 4.79. The van der Waals surface area contributed by atoms with Crippen LogP contribution < -0.4 is 36.7 Å². The highest BCUT2D eigenvalue weighted by Crippen LogP contribution is 2.60. The van der Waals surface area contributed by atoms with E-state index in [1.54, 1.807) is 0 Å². The maximum atomic E-state index is 15.5. The Kier molecular flexibility index (Phi) is 5.38. The standard InChI is InChI=1S/C36H25NO2P2/c38-40(29-18-8-3-9-19-29)31-21-11-23-33-35(31)36-32(40)22-12-24-34(36)41(33,39)30-20-10-17-28(25-30)37(26-13-4-1-5-14-26)27-15-6-2-7-16-27/h1-25H. The van der Waals surface area contributed by atoms with Crippen LogP contribution in [0.15, 0.2) is 152 Å². The minimum Gasteiger partial charge on any atom is -0.310 e. The Bertz CT molecular complexity index is 1960. The molecule has 0 fully saturated rings. The predicted molar refractivity (Wildman–Crippen MR) is 172 cm³/mol. The molecule has 0 unspecified atom stereocenters. The van der Waals surface area contributed by atoms with E-state index in [2.05, 4.69) is 41.3 Å². The SMILES string of the molecule is O=P1(c2ccccc2)c2cccc3c2-c2c1cccc2P3(=O)c1cccc(N(c2ccccc2)c2ccccc2)c1. The van der Waals surface area contributed by atoms with Gasteiger partial charge in [-0.15, -0.1) is 0 Å². The second-order valence-corrected chi connectivity index (χ2v) is 15.8. The molecule has 41 heavy (non-hydrogen) atoms. The largest absolute Gasteiger partial charge is 0.310 e. The Morgan fingerprint density at radius 2 is 0.732 bits per heavy atom. The lowest BCUT2D eigenvalue weighted by Gasteiger charge is -2.27. The van der Waals surface area contributed by atoms with E-state index in [0.29, 0.717) is 0 Å². The molecule has 0 aromatic heterocycles. The number of benzene rings is 6. The van der Waals surface area contributed by atoms with Gasteiger partial charge in [0.2, 0.25) is 0 Å². The fraction of sp³-hybridized carbons (Fsp3) is 0. The number of rotatable bonds is 5. The monoisotopic (exact) mass is 565 g/mol. The second-order valence-electron chi connectivity index (χ2n) is 10.4. The van der Waals surface area contributed by atoms with Crippen LogP contribution in [0.5, 0.6) is 0 Å². The molecule has 2 aliphatic rings. The molecule has 0 aliphatic carbocycles. The zero-order chi connectivity index (χ0) is 27.6. The Balaban J connectivity index is 1.35. The summed E-state index contributed by atoms with van der Waals surface area (Å²) < 4.78 is 30.5. The Hall–Kier alpha value is -4.42. The molecule has 0 spiro atoms. The van der Waals surface area contributed by atoms with Crippen molar-refractivity contribution in [3.63, 3.8) is 0 Å². The first-order valence-corrected chi connectivity index (χ1v) is 17.1. The number of hydrogen-bond acceptors (Lipinski definition) is 3. The van der Waals surface area contributed by atoms with Gasteiger partial charge in [-0.05, 0) is 36.4 Å². The molecule has 3 nitrogen and oxygen atoms in total. The van der Waals surface area contributed by atoms with Crippen molar-refractivity contribution >= 4 is 63.2 Å². The Morgan fingerprint density at radius 1 is 0.366 bits per heavy atom. The molecule has 0 saturated heterocycles. The van der Waals surface area contributed by atoms with Crippen LogP contribution in [0.3, 0.4) is 0 Å². The first-order valence-electron chi connectivity index (χ1n) is 13.7. The quantitative estimate of drug-likeness (QED) is 0.217. The van der Waals surface area contributed by atoms with Crippen molar-refractivity contribution < 1.29 is 9.13 Å². The minimum atomic E-state index is -3.23. The van der Waals surface area contributed by atoms with Gasteiger partial charge in [-0.25, -0.2) is 0 Å². The second kappa shape index (κ2) is 9.05. The molecule has 0 saturated carbocycles. The third-order valence-electron chi connectivity index (χ3n) is 8.25. The van der Waals surface area contributed by atoms with Crippen LogP contribution >= 0.6 is 14.3 Å². The van der Waals surface area contributed by atoms with Crippen LogP contribution in [0.1, 0.15) is 0 Å². The summed E-state index contributed by atoms with van der Waals surface area (Å²) >= 11 is 0. The Labute approximate surface area is 239 Å². The fourth-order valence-electron chi connectivity index (χ4n) is 6.50. The lowest BCUT2D eigenvalue weighted by atomic mass is 10.1. The van der Waals surface area contributed by atoms with Crippen molar-refractivity contribution in [2.24, 2.45) is 0 Å². The zero-order valence-corrected chi connectivity index (χ0v) is 23.9. The highest BCUT2D eigenvalue weighted by atomic mass is 31.2. The average Bonchev–Trinajstić information content (AvgIpc) is 3.47. The van der Waals surface area contributed by atoms with E-state index in [-0.39, 0.29) is 0 Å². The van der Waals surface area contributed by atoms with Gasteiger partial charge in [-0.3, -0.25) is 0 Å². The molecular formula is C36H25NO2P2. The van der Waals surface area contributed by atoms with Gasteiger partial charge >= 0.3 is 0 Å². The van der Waals surface area contributed by atoms with E-state index in [9.17, 15) is 4.57 Å². The summed E-state index contributed by atoms with van der Waals surface area (Å²) in [4.78, 5) is 2.19. The minimum absolute atomic E-state index is 0.776. The van der Waals surface area contributed by atoms with Crippen molar-refractivity contribution in [2.45, 2.75) is 0 Å². The number of nitrogens with zero attached hydrogens (tertiary/aromatic N) is 1. The molecule has 0 bridgehead atoms. The van der Waals surface area contributed by atoms with Crippen molar-refractivity contribution in [1.82, 2.24) is 0 Å². The summed E-state index contributed by atoms with van der Waals surface area (Å²) in [6.07, 6.45) is 0. The van der Waals surface area contributed by atoms with Crippen LogP contribution in [0.25, 0.3) is 11.1 Å². The molecule has 0 N–H and O–H groups in total. The van der Waals surface area contributed by atoms with Gasteiger partial charge in [0, 0.05) is 60.0 Å². The molecule has 2 aliphatic heterocycles. The van der Waals surface area contributed by atoms with Gasteiger partial charge in [-0.2, -0.15) is 0 Å². The number of para-hydroxylation sites is 2. The number of anilines is 3. The highest BCUT2D eigenvalue weighted by Gasteiger charge is 2.51. The van der Waals surface area contributed by atoms with Gasteiger partial charge < -0.3 is 14.0 Å². The van der Waals surface area contributed by atoms with Crippen molar-refractivity contribution in [2.75, 3.05) is 4.90 Å². The van der Waals surface area contributed by atoms with Crippen molar-refractivity contribution in [3.8, 4) is 11.1 Å². The van der Waals surface area contributed by atoms with Crippen molar-refractivity contribution in [1.29, 1.82) is 0 Å². The van der Waals surface area contributed by atoms with E-state index in [1.165, 1.54) is 0 Å². The molecular weight excluding hydrogens is 540 g/mol. The van der Waals surface area contributed by atoms with Crippen LogP contribution in [0.2, 0.25) is 0 Å². The molecule has 6 aromatic carbocycles.